The molecule has 0 bridgehead atoms. The van der Waals surface area contributed by atoms with Crippen LogP contribution in [0.2, 0.25) is 0 Å². The Morgan fingerprint density at radius 2 is 2.04 bits per heavy atom. The van der Waals surface area contributed by atoms with Gasteiger partial charge in [0.1, 0.15) is 0 Å². The summed E-state index contributed by atoms with van der Waals surface area (Å²) >= 11 is 0. The molecule has 136 valence electrons. The molecule has 1 aliphatic rings. The van der Waals surface area contributed by atoms with Gasteiger partial charge in [-0.3, -0.25) is 0 Å². The van der Waals surface area contributed by atoms with E-state index in [0.29, 0.717) is 31.1 Å². The van der Waals surface area contributed by atoms with Crippen molar-refractivity contribution < 1.29 is 13.2 Å². The number of aryl methyl sites for hydroxylation is 1. The van der Waals surface area contributed by atoms with E-state index in [0.717, 1.165) is 18.5 Å². The van der Waals surface area contributed by atoms with Crippen LogP contribution in [0.5, 0.6) is 5.88 Å². The molecule has 0 saturated carbocycles. The van der Waals surface area contributed by atoms with Crippen molar-refractivity contribution in [3.8, 4) is 11.9 Å². The van der Waals surface area contributed by atoms with Gasteiger partial charge in [-0.1, -0.05) is 6.07 Å². The quantitative estimate of drug-likeness (QED) is 0.807. The largest absolute Gasteiger partial charge is 0.477 e. The van der Waals surface area contributed by atoms with Gasteiger partial charge in [-0.25, -0.2) is 13.4 Å². The Labute approximate surface area is 154 Å². The average Bonchev–Trinajstić information content (AvgIpc) is 2.67. The zero-order valence-electron chi connectivity index (χ0n) is 14.6. The molecule has 1 fully saturated rings. The fourth-order valence-corrected chi connectivity index (χ4v) is 4.59. The number of hydrogen-bond donors (Lipinski definition) is 0. The molecule has 0 radical (unpaired) electrons. The van der Waals surface area contributed by atoms with Crippen molar-refractivity contribution in [2.24, 2.45) is 5.92 Å². The molecule has 2 aromatic rings. The fourth-order valence-electron chi connectivity index (χ4n) is 3.03. The van der Waals surface area contributed by atoms with E-state index in [-0.39, 0.29) is 10.8 Å². The number of hydrogen-bond acceptors (Lipinski definition) is 5. The van der Waals surface area contributed by atoms with Gasteiger partial charge in [0.15, 0.2) is 0 Å². The second-order valence-electron chi connectivity index (χ2n) is 6.44. The lowest BCUT2D eigenvalue weighted by Gasteiger charge is -2.31. The van der Waals surface area contributed by atoms with Crippen molar-refractivity contribution in [1.29, 1.82) is 5.26 Å². The number of rotatable bonds is 5. The van der Waals surface area contributed by atoms with Crippen LogP contribution in [0, 0.1) is 24.2 Å². The highest BCUT2D eigenvalue weighted by Gasteiger charge is 2.30. The number of piperidine rings is 1. The van der Waals surface area contributed by atoms with E-state index in [2.05, 4.69) is 4.98 Å². The number of ether oxygens (including phenoxy) is 1. The highest BCUT2D eigenvalue weighted by Crippen LogP contribution is 2.24. The molecule has 1 saturated heterocycles. The number of pyridine rings is 1. The van der Waals surface area contributed by atoms with E-state index >= 15 is 0 Å². The van der Waals surface area contributed by atoms with Gasteiger partial charge in [-0.2, -0.15) is 9.57 Å². The molecule has 7 heteroatoms. The molecule has 1 aromatic heterocycles. The van der Waals surface area contributed by atoms with Crippen molar-refractivity contribution in [3.05, 3.63) is 53.7 Å². The van der Waals surface area contributed by atoms with Crippen molar-refractivity contribution in [3.63, 3.8) is 0 Å². The topological polar surface area (TPSA) is 83.3 Å². The molecule has 1 atom stereocenters. The standard InChI is InChI=1S/C19H21N3O3S/c1-15-4-2-6-19(21-15)25-14-17-5-3-11-22(13-17)26(23,24)18-9-7-16(12-20)8-10-18/h2,4,6-10,17H,3,5,11,13-14H2,1H3. The van der Waals surface area contributed by atoms with Gasteiger partial charge in [0.25, 0.3) is 0 Å². The maximum Gasteiger partial charge on any atom is 0.243 e. The minimum atomic E-state index is -3.56. The van der Waals surface area contributed by atoms with E-state index in [1.807, 2.05) is 25.1 Å². The minimum absolute atomic E-state index is 0.124. The van der Waals surface area contributed by atoms with Crippen LogP contribution in [0.4, 0.5) is 0 Å². The molecule has 6 nitrogen and oxygen atoms in total. The van der Waals surface area contributed by atoms with Crippen LogP contribution in [0.15, 0.2) is 47.4 Å². The SMILES string of the molecule is Cc1cccc(OCC2CCCN(S(=O)(=O)c3ccc(C#N)cc3)C2)n1. The van der Waals surface area contributed by atoms with Gasteiger partial charge in [0.2, 0.25) is 15.9 Å². The number of nitrogens with zero attached hydrogens (tertiary/aromatic N) is 3. The molecule has 3 rings (SSSR count). The summed E-state index contributed by atoms with van der Waals surface area (Å²) in [5, 5.41) is 8.86. The summed E-state index contributed by atoms with van der Waals surface area (Å²) in [5.41, 5.74) is 1.33. The van der Waals surface area contributed by atoms with Crippen LogP contribution in [0.3, 0.4) is 0 Å². The van der Waals surface area contributed by atoms with Gasteiger partial charge >= 0.3 is 0 Å². The monoisotopic (exact) mass is 371 g/mol. The van der Waals surface area contributed by atoms with Gasteiger partial charge in [0.05, 0.1) is 23.1 Å². The lowest BCUT2D eigenvalue weighted by molar-refractivity contribution is 0.176. The van der Waals surface area contributed by atoms with Crippen LogP contribution >= 0.6 is 0 Å². The molecule has 0 aliphatic carbocycles. The molecule has 0 spiro atoms. The maximum absolute atomic E-state index is 12.8. The van der Waals surface area contributed by atoms with Crippen LogP contribution in [0.1, 0.15) is 24.1 Å². The smallest absolute Gasteiger partial charge is 0.243 e. The Balaban J connectivity index is 1.66. The Morgan fingerprint density at radius 1 is 1.27 bits per heavy atom. The summed E-state index contributed by atoms with van der Waals surface area (Å²) in [6, 6.07) is 13.6. The van der Waals surface area contributed by atoms with Gasteiger partial charge in [-0.05, 0) is 50.1 Å². The first-order valence-corrected chi connectivity index (χ1v) is 10.00. The fraction of sp³-hybridized carbons (Fsp3) is 0.368. The third-order valence-electron chi connectivity index (χ3n) is 4.43. The molecule has 1 unspecified atom stereocenters. The second-order valence-corrected chi connectivity index (χ2v) is 8.37. The zero-order valence-corrected chi connectivity index (χ0v) is 15.4. The van der Waals surface area contributed by atoms with Crippen molar-refractivity contribution in [2.75, 3.05) is 19.7 Å². The van der Waals surface area contributed by atoms with Gasteiger partial charge in [-0.15, -0.1) is 0 Å². The van der Waals surface area contributed by atoms with Gasteiger partial charge < -0.3 is 4.74 Å². The molecule has 1 aliphatic heterocycles. The normalized spacial score (nSPS) is 18.2. The number of nitriles is 1. The third-order valence-corrected chi connectivity index (χ3v) is 6.31. The summed E-state index contributed by atoms with van der Waals surface area (Å²) < 4.78 is 32.9. The third kappa shape index (κ3) is 4.21. The number of sulfonamides is 1. The summed E-state index contributed by atoms with van der Waals surface area (Å²) in [6.45, 7) is 3.27. The van der Waals surface area contributed by atoms with Crippen molar-refractivity contribution in [1.82, 2.24) is 9.29 Å². The Bertz CT molecular complexity index is 904. The highest BCUT2D eigenvalue weighted by molar-refractivity contribution is 7.89. The Hall–Kier alpha value is -2.43. The first-order valence-electron chi connectivity index (χ1n) is 8.56. The molecular formula is C19H21N3O3S. The molecular weight excluding hydrogens is 350 g/mol. The van der Waals surface area contributed by atoms with E-state index in [1.165, 1.54) is 28.6 Å². The summed E-state index contributed by atoms with van der Waals surface area (Å²) in [4.78, 5) is 4.53. The van der Waals surface area contributed by atoms with Crippen LogP contribution in [0.25, 0.3) is 0 Å². The van der Waals surface area contributed by atoms with E-state index < -0.39 is 10.0 Å². The zero-order chi connectivity index (χ0) is 18.6. The van der Waals surface area contributed by atoms with Crippen LogP contribution in [-0.4, -0.2) is 37.4 Å². The van der Waals surface area contributed by atoms with E-state index in [9.17, 15) is 8.42 Å². The lowest BCUT2D eigenvalue weighted by Crippen LogP contribution is -2.41. The summed E-state index contributed by atoms with van der Waals surface area (Å²) in [6.07, 6.45) is 1.72. The van der Waals surface area contributed by atoms with E-state index in [4.69, 9.17) is 10.00 Å². The summed E-state index contributed by atoms with van der Waals surface area (Å²) in [5.74, 6) is 0.691. The first kappa shape index (κ1) is 18.4. The highest BCUT2D eigenvalue weighted by atomic mass is 32.2. The Kier molecular flexibility index (Phi) is 5.55. The minimum Gasteiger partial charge on any atom is -0.477 e. The second kappa shape index (κ2) is 7.85. The predicted molar refractivity (Wildman–Crippen MR) is 97.1 cm³/mol. The molecule has 0 amide bonds. The van der Waals surface area contributed by atoms with E-state index in [1.54, 1.807) is 6.07 Å². The lowest BCUT2D eigenvalue weighted by atomic mass is 10.0. The molecule has 26 heavy (non-hydrogen) atoms. The number of benzene rings is 1. The predicted octanol–water partition coefficient (Wildman–Crippen LogP) is 2.74. The van der Waals surface area contributed by atoms with Gasteiger partial charge in [0, 0.05) is 30.8 Å². The van der Waals surface area contributed by atoms with Crippen molar-refractivity contribution >= 4 is 10.0 Å². The number of aromatic nitrogens is 1. The molecule has 2 heterocycles. The molecule has 0 N–H and O–H groups in total. The maximum atomic E-state index is 12.8. The summed E-state index contributed by atoms with van der Waals surface area (Å²) in [7, 11) is -3.56. The Morgan fingerprint density at radius 3 is 2.73 bits per heavy atom. The molecule has 1 aromatic carbocycles. The first-order chi connectivity index (χ1) is 12.5. The van der Waals surface area contributed by atoms with Crippen molar-refractivity contribution in [2.45, 2.75) is 24.7 Å². The van der Waals surface area contributed by atoms with Crippen LogP contribution in [-0.2, 0) is 10.0 Å². The van der Waals surface area contributed by atoms with Crippen LogP contribution < -0.4 is 4.74 Å². The average molecular weight is 371 g/mol.